The largest absolute Gasteiger partial charge is 0.491 e. The first-order valence-electron chi connectivity index (χ1n) is 13.0. The van der Waals surface area contributed by atoms with Crippen molar-refractivity contribution in [2.75, 3.05) is 39.8 Å². The molecule has 0 N–H and O–H groups in total. The Balaban J connectivity index is 1.47. The average Bonchev–Trinajstić information content (AvgIpc) is 3.83. The van der Waals surface area contributed by atoms with E-state index in [2.05, 4.69) is 63.2 Å². The molecule has 3 unspecified atom stereocenters. The highest BCUT2D eigenvalue weighted by atomic mass is 16.7. The summed E-state index contributed by atoms with van der Waals surface area (Å²) < 4.78 is 33.7. The molecule has 0 aliphatic carbocycles. The molecule has 0 bridgehead atoms. The molecule has 2 aliphatic rings. The number of benzene rings is 3. The highest BCUT2D eigenvalue weighted by Crippen LogP contribution is 2.42. The summed E-state index contributed by atoms with van der Waals surface area (Å²) in [6.07, 6.45) is 0.453. The lowest BCUT2D eigenvalue weighted by atomic mass is 9.70. The Morgan fingerprint density at radius 3 is 1.76 bits per heavy atom. The van der Waals surface area contributed by atoms with Crippen LogP contribution in [0.5, 0.6) is 17.2 Å². The lowest BCUT2D eigenvalue weighted by Crippen LogP contribution is -2.26. The van der Waals surface area contributed by atoms with E-state index in [1.165, 1.54) is 16.7 Å². The van der Waals surface area contributed by atoms with Crippen LogP contribution in [0.3, 0.4) is 0 Å². The third kappa shape index (κ3) is 6.09. The Morgan fingerprint density at radius 1 is 0.730 bits per heavy atom. The molecule has 6 nitrogen and oxygen atoms in total. The summed E-state index contributed by atoms with van der Waals surface area (Å²) in [6.45, 7) is 12.0. The van der Waals surface area contributed by atoms with Gasteiger partial charge in [-0.1, -0.05) is 36.4 Å². The summed E-state index contributed by atoms with van der Waals surface area (Å²) in [7, 11) is 0. The molecule has 0 saturated carbocycles. The van der Waals surface area contributed by atoms with Crippen molar-refractivity contribution in [3.05, 3.63) is 88.5 Å². The highest BCUT2D eigenvalue weighted by Gasteiger charge is 2.33. The van der Waals surface area contributed by atoms with Gasteiger partial charge in [-0.3, -0.25) is 0 Å². The molecule has 2 fully saturated rings. The second kappa shape index (κ2) is 11.1. The first-order valence-corrected chi connectivity index (χ1v) is 13.0. The van der Waals surface area contributed by atoms with Crippen LogP contribution in [0.4, 0.5) is 0 Å². The van der Waals surface area contributed by atoms with Crippen LogP contribution in [0.1, 0.15) is 41.7 Å². The summed E-state index contributed by atoms with van der Waals surface area (Å²) in [5.41, 5.74) is 5.28. The molecule has 3 aromatic rings. The van der Waals surface area contributed by atoms with Crippen LogP contribution in [0.15, 0.2) is 60.7 Å². The maximum Gasteiger partial charge on any atom is 0.189 e. The molecule has 2 aliphatic heterocycles. The number of aryl methyl sites for hydroxylation is 2. The lowest BCUT2D eigenvalue weighted by Gasteiger charge is -2.33. The Morgan fingerprint density at radius 2 is 1.24 bits per heavy atom. The van der Waals surface area contributed by atoms with Crippen molar-refractivity contribution in [3.63, 3.8) is 0 Å². The molecule has 2 saturated heterocycles. The van der Waals surface area contributed by atoms with Crippen molar-refractivity contribution < 1.29 is 28.4 Å². The number of ether oxygens (including phenoxy) is 6. The zero-order valence-corrected chi connectivity index (χ0v) is 22.1. The smallest absolute Gasteiger partial charge is 0.189 e. The second-order valence-electron chi connectivity index (χ2n) is 9.90. The van der Waals surface area contributed by atoms with Crippen LogP contribution in [0.25, 0.3) is 0 Å². The highest BCUT2D eigenvalue weighted by molar-refractivity contribution is 5.54. The van der Waals surface area contributed by atoms with Gasteiger partial charge in [-0.15, -0.1) is 0 Å². The molecule has 0 spiro atoms. The van der Waals surface area contributed by atoms with Gasteiger partial charge in [0, 0.05) is 12.0 Å². The van der Waals surface area contributed by atoms with Crippen LogP contribution in [-0.2, 0) is 19.6 Å². The number of hydrogen-bond donors (Lipinski definition) is 0. The van der Waals surface area contributed by atoms with Crippen LogP contribution in [-0.4, -0.2) is 52.0 Å². The fourth-order valence-electron chi connectivity index (χ4n) is 4.52. The van der Waals surface area contributed by atoms with Gasteiger partial charge in [0.1, 0.15) is 42.7 Å². The maximum atomic E-state index is 6.01. The van der Waals surface area contributed by atoms with Gasteiger partial charge in [0.15, 0.2) is 6.79 Å². The van der Waals surface area contributed by atoms with E-state index in [9.17, 15) is 0 Å². The Kier molecular flexibility index (Phi) is 7.70. The summed E-state index contributed by atoms with van der Waals surface area (Å²) in [6, 6.07) is 21.3. The fourth-order valence-corrected chi connectivity index (χ4v) is 4.52. The van der Waals surface area contributed by atoms with E-state index in [1.807, 2.05) is 25.1 Å². The van der Waals surface area contributed by atoms with Crippen molar-refractivity contribution >= 4 is 0 Å². The predicted molar refractivity (Wildman–Crippen MR) is 142 cm³/mol. The molecule has 3 aromatic carbocycles. The molecule has 3 atom stereocenters. The zero-order chi connectivity index (χ0) is 25.8. The zero-order valence-electron chi connectivity index (χ0n) is 22.1. The van der Waals surface area contributed by atoms with E-state index in [0.717, 1.165) is 41.6 Å². The van der Waals surface area contributed by atoms with E-state index in [-0.39, 0.29) is 19.0 Å². The van der Waals surface area contributed by atoms with Gasteiger partial charge in [-0.2, -0.15) is 0 Å². The molecule has 0 amide bonds. The summed E-state index contributed by atoms with van der Waals surface area (Å²) in [5.74, 6) is 2.57. The van der Waals surface area contributed by atoms with Crippen LogP contribution in [0.2, 0.25) is 0 Å². The summed E-state index contributed by atoms with van der Waals surface area (Å²) in [4.78, 5) is 0. The molecular weight excluding hydrogens is 468 g/mol. The quantitative estimate of drug-likeness (QED) is 0.131. The fraction of sp³-hybridized carbons (Fsp3) is 0.419. The summed E-state index contributed by atoms with van der Waals surface area (Å²) in [5, 5.41) is 0. The van der Waals surface area contributed by atoms with Gasteiger partial charge in [-0.25, -0.2) is 0 Å². The number of epoxide rings is 2. The van der Waals surface area contributed by atoms with Gasteiger partial charge >= 0.3 is 0 Å². The van der Waals surface area contributed by atoms with E-state index >= 15 is 0 Å². The van der Waals surface area contributed by atoms with E-state index < -0.39 is 5.41 Å². The number of hydrogen-bond acceptors (Lipinski definition) is 6. The van der Waals surface area contributed by atoms with Gasteiger partial charge in [0.25, 0.3) is 0 Å². The van der Waals surface area contributed by atoms with Gasteiger partial charge in [-0.05, 0) is 79.8 Å². The van der Waals surface area contributed by atoms with Crippen molar-refractivity contribution in [1.29, 1.82) is 0 Å². The van der Waals surface area contributed by atoms with Crippen molar-refractivity contribution in [2.45, 2.75) is 45.3 Å². The average molecular weight is 505 g/mol. The first-order chi connectivity index (χ1) is 18.0. The topological polar surface area (TPSA) is 62.0 Å². The van der Waals surface area contributed by atoms with Crippen LogP contribution >= 0.6 is 0 Å². The van der Waals surface area contributed by atoms with Gasteiger partial charge < -0.3 is 28.4 Å². The minimum absolute atomic E-state index is 0.225. The monoisotopic (exact) mass is 504 g/mol. The number of rotatable bonds is 13. The molecule has 2 heterocycles. The van der Waals surface area contributed by atoms with Gasteiger partial charge in [0.2, 0.25) is 0 Å². The van der Waals surface area contributed by atoms with Crippen LogP contribution < -0.4 is 14.2 Å². The van der Waals surface area contributed by atoms with Gasteiger partial charge in [0.05, 0.1) is 13.2 Å². The first kappa shape index (κ1) is 25.6. The van der Waals surface area contributed by atoms with E-state index in [4.69, 9.17) is 28.4 Å². The molecule has 0 aromatic heterocycles. The third-order valence-electron chi connectivity index (χ3n) is 7.10. The lowest BCUT2D eigenvalue weighted by molar-refractivity contribution is 0.0220. The molecule has 196 valence electrons. The normalized spacial score (nSPS) is 19.7. The van der Waals surface area contributed by atoms with Crippen molar-refractivity contribution in [2.24, 2.45) is 0 Å². The minimum atomic E-state index is -0.412. The molecule has 0 radical (unpaired) electrons. The molecular formula is C31H36O6. The predicted octanol–water partition coefficient (Wildman–Crippen LogP) is 5.59. The minimum Gasteiger partial charge on any atom is -0.491 e. The van der Waals surface area contributed by atoms with Crippen molar-refractivity contribution in [3.8, 4) is 17.2 Å². The second-order valence-corrected chi connectivity index (χ2v) is 9.90. The SMILES string of the molecule is CCOCOc1ccc(C(C)(c2ccc(OCC3CO3)cc2)c2ccc(OCC3CO3)c(C)c2)cc1C. The van der Waals surface area contributed by atoms with E-state index in [0.29, 0.717) is 19.8 Å². The summed E-state index contributed by atoms with van der Waals surface area (Å²) >= 11 is 0. The third-order valence-corrected chi connectivity index (χ3v) is 7.10. The standard InChI is InChI=1S/C31H36O6/c1-5-32-20-37-30-13-9-25(15-22(30)3)31(4,23-6-10-26(11-7-23)33-16-27-17-34-27)24-8-12-29(21(2)14-24)36-19-28-18-35-28/h6-15,27-28H,5,16-20H2,1-4H3. The Labute approximate surface area is 219 Å². The maximum absolute atomic E-state index is 6.01. The van der Waals surface area contributed by atoms with Crippen molar-refractivity contribution in [1.82, 2.24) is 0 Å². The molecule has 37 heavy (non-hydrogen) atoms. The molecule has 6 heteroatoms. The molecule has 5 rings (SSSR count). The Hall–Kier alpha value is -3.06. The Bertz CT molecular complexity index is 1200. The van der Waals surface area contributed by atoms with E-state index in [1.54, 1.807) is 0 Å². The van der Waals surface area contributed by atoms with Crippen LogP contribution in [0, 0.1) is 13.8 Å².